The maximum absolute atomic E-state index is 12.1. The molecular formula is C10H10N2O5S2. The number of thiophene rings is 1. The molecule has 0 saturated carbocycles. The number of rotatable bonds is 4. The van der Waals surface area contributed by atoms with Gasteiger partial charge in [-0.3, -0.25) is 4.72 Å². The van der Waals surface area contributed by atoms with Crippen molar-refractivity contribution in [1.82, 2.24) is 5.16 Å². The third-order valence-corrected chi connectivity index (χ3v) is 5.41. The third-order valence-electron chi connectivity index (χ3n) is 2.35. The molecule has 0 atom stereocenters. The minimum atomic E-state index is -3.84. The molecule has 0 aliphatic heterocycles. The predicted octanol–water partition coefficient (Wildman–Crippen LogP) is 1.85. The Morgan fingerprint density at radius 3 is 2.63 bits per heavy atom. The molecule has 2 heterocycles. The first-order chi connectivity index (χ1) is 8.81. The van der Waals surface area contributed by atoms with E-state index < -0.39 is 16.0 Å². The van der Waals surface area contributed by atoms with Crippen LogP contribution in [-0.2, 0) is 10.0 Å². The van der Waals surface area contributed by atoms with Crippen LogP contribution in [0.25, 0.3) is 0 Å². The van der Waals surface area contributed by atoms with Gasteiger partial charge in [0.1, 0.15) is 14.8 Å². The number of anilines is 1. The molecule has 0 aliphatic carbocycles. The van der Waals surface area contributed by atoms with Crippen molar-refractivity contribution >= 4 is 33.0 Å². The number of hydrogen-bond acceptors (Lipinski definition) is 6. The first-order valence-corrected chi connectivity index (χ1v) is 7.39. The van der Waals surface area contributed by atoms with Crippen LogP contribution in [0.3, 0.4) is 0 Å². The Bertz CT molecular complexity index is 729. The fourth-order valence-electron chi connectivity index (χ4n) is 1.39. The zero-order chi connectivity index (χ0) is 14.2. The summed E-state index contributed by atoms with van der Waals surface area (Å²) in [5.41, 5.74) is 0.628. The van der Waals surface area contributed by atoms with Gasteiger partial charge in [0, 0.05) is 0 Å². The Morgan fingerprint density at radius 2 is 2.16 bits per heavy atom. The van der Waals surface area contributed by atoms with Crippen LogP contribution in [0.4, 0.5) is 5.69 Å². The number of nitrogens with one attached hydrogen (secondary N) is 1. The van der Waals surface area contributed by atoms with E-state index in [1.54, 1.807) is 13.8 Å². The number of hydrogen-bond donors (Lipinski definition) is 2. The highest BCUT2D eigenvalue weighted by Crippen LogP contribution is 2.28. The van der Waals surface area contributed by atoms with Crippen molar-refractivity contribution in [3.8, 4) is 0 Å². The van der Waals surface area contributed by atoms with E-state index in [9.17, 15) is 13.2 Å². The highest BCUT2D eigenvalue weighted by Gasteiger charge is 2.23. The number of aryl methyl sites for hydroxylation is 2. The Morgan fingerprint density at radius 1 is 1.47 bits per heavy atom. The van der Waals surface area contributed by atoms with Crippen LogP contribution in [0.2, 0.25) is 0 Å². The first kappa shape index (κ1) is 13.6. The monoisotopic (exact) mass is 302 g/mol. The molecule has 0 aromatic carbocycles. The lowest BCUT2D eigenvalue weighted by Gasteiger charge is -2.02. The van der Waals surface area contributed by atoms with Gasteiger partial charge < -0.3 is 9.63 Å². The van der Waals surface area contributed by atoms with Gasteiger partial charge >= 0.3 is 5.97 Å². The summed E-state index contributed by atoms with van der Waals surface area (Å²) >= 11 is 0.701. The zero-order valence-corrected chi connectivity index (χ0v) is 11.6. The Kier molecular flexibility index (Phi) is 3.33. The van der Waals surface area contributed by atoms with Crippen LogP contribution in [0, 0.1) is 13.8 Å². The molecule has 102 valence electrons. The van der Waals surface area contributed by atoms with Gasteiger partial charge in [0.2, 0.25) is 0 Å². The largest absolute Gasteiger partial charge is 0.477 e. The topological polar surface area (TPSA) is 110 Å². The van der Waals surface area contributed by atoms with Crippen LogP contribution in [-0.4, -0.2) is 24.7 Å². The van der Waals surface area contributed by atoms with Crippen molar-refractivity contribution in [3.05, 3.63) is 28.5 Å². The van der Waals surface area contributed by atoms with E-state index in [2.05, 4.69) is 9.88 Å². The molecule has 9 heteroatoms. The van der Waals surface area contributed by atoms with Crippen molar-refractivity contribution < 1.29 is 22.8 Å². The second-order valence-corrected chi connectivity index (χ2v) is 6.75. The molecule has 0 aliphatic rings. The summed E-state index contributed by atoms with van der Waals surface area (Å²) in [7, 11) is -3.84. The number of carboxylic acid groups (broad SMARTS) is 1. The zero-order valence-electron chi connectivity index (χ0n) is 10.00. The van der Waals surface area contributed by atoms with Gasteiger partial charge in [-0.15, -0.1) is 11.3 Å². The molecule has 0 radical (unpaired) electrons. The summed E-state index contributed by atoms with van der Waals surface area (Å²) in [6.07, 6.45) is 1.24. The summed E-state index contributed by atoms with van der Waals surface area (Å²) in [6.45, 7) is 3.11. The molecule has 2 aromatic heterocycles. The van der Waals surface area contributed by atoms with Gasteiger partial charge in [-0.05, 0) is 25.5 Å². The summed E-state index contributed by atoms with van der Waals surface area (Å²) in [6, 6.07) is 1.32. The molecule has 2 N–H and O–H groups in total. The summed E-state index contributed by atoms with van der Waals surface area (Å²) < 4.78 is 31.1. The lowest BCUT2D eigenvalue weighted by Crippen LogP contribution is -2.11. The lowest BCUT2D eigenvalue weighted by atomic mass is 10.3. The quantitative estimate of drug-likeness (QED) is 0.892. The average molecular weight is 302 g/mol. The molecule has 0 bridgehead atoms. The molecule has 0 amide bonds. The molecule has 2 aromatic rings. The van der Waals surface area contributed by atoms with Gasteiger partial charge in [-0.25, -0.2) is 13.2 Å². The molecule has 2 rings (SSSR count). The molecule has 0 unspecified atom stereocenters. The van der Waals surface area contributed by atoms with E-state index in [4.69, 9.17) is 9.63 Å². The smallest absolute Gasteiger partial charge is 0.346 e. The van der Waals surface area contributed by atoms with Crippen molar-refractivity contribution in [2.75, 3.05) is 4.72 Å². The average Bonchev–Trinajstić information content (AvgIpc) is 2.86. The summed E-state index contributed by atoms with van der Waals surface area (Å²) in [5, 5.41) is 12.4. The number of nitrogens with zero attached hydrogens (tertiary/aromatic N) is 1. The Balaban J connectivity index is 2.38. The molecule has 7 nitrogen and oxygen atoms in total. The van der Waals surface area contributed by atoms with Crippen molar-refractivity contribution in [2.24, 2.45) is 0 Å². The SMILES string of the molecule is Cc1cc(S(=O)(=O)Nc2cnoc2C)sc1C(=O)O. The maximum atomic E-state index is 12.1. The third kappa shape index (κ3) is 2.61. The predicted molar refractivity (Wildman–Crippen MR) is 68.1 cm³/mol. The standard InChI is InChI=1S/C10H10N2O5S2/c1-5-3-8(18-9(5)10(13)14)19(15,16)12-7-4-11-17-6(7)2/h3-4,12H,1-2H3,(H,13,14). The number of sulfonamides is 1. The van der Waals surface area contributed by atoms with Crippen molar-refractivity contribution in [1.29, 1.82) is 0 Å². The molecule has 19 heavy (non-hydrogen) atoms. The highest BCUT2D eigenvalue weighted by molar-refractivity contribution is 7.94. The van der Waals surface area contributed by atoms with E-state index in [0.717, 1.165) is 0 Å². The molecule has 0 fully saturated rings. The maximum Gasteiger partial charge on any atom is 0.346 e. The number of carboxylic acids is 1. The second-order valence-electron chi connectivity index (χ2n) is 3.78. The number of aromatic nitrogens is 1. The van der Waals surface area contributed by atoms with E-state index >= 15 is 0 Å². The van der Waals surface area contributed by atoms with Crippen LogP contribution < -0.4 is 4.72 Å². The van der Waals surface area contributed by atoms with Gasteiger partial charge in [0.05, 0.1) is 6.20 Å². The number of aromatic carboxylic acids is 1. The fourth-order valence-corrected chi connectivity index (χ4v) is 3.87. The van der Waals surface area contributed by atoms with Gasteiger partial charge in [0.15, 0.2) is 5.76 Å². The first-order valence-electron chi connectivity index (χ1n) is 5.09. The minimum Gasteiger partial charge on any atom is -0.477 e. The van der Waals surface area contributed by atoms with E-state index in [1.165, 1.54) is 12.3 Å². The normalized spacial score (nSPS) is 11.5. The Hall–Kier alpha value is -1.87. The second kappa shape index (κ2) is 4.67. The Labute approximate surface area is 112 Å². The van der Waals surface area contributed by atoms with Crippen LogP contribution in [0.1, 0.15) is 21.0 Å². The van der Waals surface area contributed by atoms with Crippen molar-refractivity contribution in [2.45, 2.75) is 18.1 Å². The van der Waals surface area contributed by atoms with Crippen LogP contribution in [0.5, 0.6) is 0 Å². The lowest BCUT2D eigenvalue weighted by molar-refractivity contribution is 0.0701. The molecule has 0 saturated heterocycles. The van der Waals surface area contributed by atoms with E-state index in [0.29, 0.717) is 22.7 Å². The highest BCUT2D eigenvalue weighted by atomic mass is 32.2. The summed E-state index contributed by atoms with van der Waals surface area (Å²) in [5.74, 6) is -0.819. The van der Waals surface area contributed by atoms with E-state index in [-0.39, 0.29) is 14.8 Å². The molecule has 0 spiro atoms. The minimum absolute atomic E-state index is 0.00224. The van der Waals surface area contributed by atoms with Crippen LogP contribution in [0.15, 0.2) is 21.0 Å². The van der Waals surface area contributed by atoms with Crippen molar-refractivity contribution in [3.63, 3.8) is 0 Å². The number of carbonyl (C=O) groups is 1. The van der Waals surface area contributed by atoms with Crippen LogP contribution >= 0.6 is 11.3 Å². The van der Waals surface area contributed by atoms with Gasteiger partial charge in [-0.2, -0.15) is 0 Å². The summed E-state index contributed by atoms with van der Waals surface area (Å²) in [4.78, 5) is 10.9. The van der Waals surface area contributed by atoms with Gasteiger partial charge in [0.25, 0.3) is 10.0 Å². The van der Waals surface area contributed by atoms with Gasteiger partial charge in [-0.1, -0.05) is 5.16 Å². The van der Waals surface area contributed by atoms with E-state index in [1.807, 2.05) is 0 Å². The molecular weight excluding hydrogens is 292 g/mol. The fraction of sp³-hybridized carbons (Fsp3) is 0.200.